The highest BCUT2D eigenvalue weighted by Crippen LogP contribution is 2.15. The molecule has 2 amide bonds. The summed E-state index contributed by atoms with van der Waals surface area (Å²) in [5.74, 6) is 1.03. The van der Waals surface area contributed by atoms with Crippen molar-refractivity contribution in [3.05, 3.63) is 77.0 Å². The van der Waals surface area contributed by atoms with Crippen molar-refractivity contribution >= 4 is 17.5 Å². The standard InChI is InChI=1S/C19H19N3O2.2C2H6.3H2/c1-13-3-5-15(6-4-13)12-16-7-9-17(10-8-16)20-19(23)21-18-11-14(2)24-22-18;2*1-2;;;/h3-11H,12H2,1-2H3,(H2,20,21,22,23);2*1-2H3;3*1H. The molecule has 0 aliphatic heterocycles. The molecule has 0 unspecified atom stereocenters. The van der Waals surface area contributed by atoms with Crippen LogP contribution in [-0.4, -0.2) is 11.2 Å². The van der Waals surface area contributed by atoms with Gasteiger partial charge in [0.05, 0.1) is 0 Å². The molecule has 0 saturated carbocycles. The van der Waals surface area contributed by atoms with Crippen molar-refractivity contribution in [3.63, 3.8) is 0 Å². The second kappa shape index (κ2) is 12.3. The SMILES string of the molecule is CC.CC.Cc1ccc(Cc2ccc(NC(=O)Nc3cc(C)on3)cc2)cc1.[HH].[HH].[HH]. The van der Waals surface area contributed by atoms with E-state index >= 15 is 0 Å². The Morgan fingerprint density at radius 1 is 0.893 bits per heavy atom. The minimum atomic E-state index is -0.352. The van der Waals surface area contributed by atoms with Crippen LogP contribution >= 0.6 is 0 Å². The van der Waals surface area contributed by atoms with Gasteiger partial charge in [0.2, 0.25) is 0 Å². The van der Waals surface area contributed by atoms with Gasteiger partial charge in [-0.2, -0.15) is 0 Å². The third kappa shape index (κ3) is 7.66. The van der Waals surface area contributed by atoms with Crippen LogP contribution in [0.2, 0.25) is 0 Å². The first kappa shape index (κ1) is 23.0. The Morgan fingerprint density at radius 2 is 1.43 bits per heavy atom. The average Bonchev–Trinajstić information content (AvgIpc) is 3.13. The van der Waals surface area contributed by atoms with E-state index in [9.17, 15) is 4.79 Å². The zero-order valence-electron chi connectivity index (χ0n) is 17.7. The number of anilines is 2. The number of aryl methyl sites for hydroxylation is 2. The second-order valence-electron chi connectivity index (χ2n) is 5.76. The van der Waals surface area contributed by atoms with Crippen LogP contribution in [0.3, 0.4) is 0 Å². The molecule has 0 bridgehead atoms. The van der Waals surface area contributed by atoms with E-state index in [2.05, 4.69) is 47.0 Å². The number of carbonyl (C=O) groups excluding carboxylic acids is 1. The van der Waals surface area contributed by atoms with Crippen LogP contribution in [0.25, 0.3) is 0 Å². The molecular weight excluding hydrogens is 350 g/mol. The average molecular weight is 388 g/mol. The summed E-state index contributed by atoms with van der Waals surface area (Å²) in [5, 5.41) is 9.10. The number of hydrogen-bond acceptors (Lipinski definition) is 3. The summed E-state index contributed by atoms with van der Waals surface area (Å²) < 4.78 is 4.90. The van der Waals surface area contributed by atoms with E-state index in [-0.39, 0.29) is 10.3 Å². The van der Waals surface area contributed by atoms with Crippen LogP contribution in [0.5, 0.6) is 0 Å². The zero-order valence-corrected chi connectivity index (χ0v) is 17.7. The fourth-order valence-electron chi connectivity index (χ4n) is 2.35. The van der Waals surface area contributed by atoms with Crippen molar-refractivity contribution in [1.29, 1.82) is 0 Å². The van der Waals surface area contributed by atoms with Crippen molar-refractivity contribution in [3.8, 4) is 0 Å². The molecular formula is C23H37N3O2. The zero-order chi connectivity index (χ0) is 20.9. The first-order chi connectivity index (χ1) is 13.6. The van der Waals surface area contributed by atoms with Gasteiger partial charge in [0.15, 0.2) is 5.82 Å². The Morgan fingerprint density at radius 3 is 1.93 bits per heavy atom. The van der Waals surface area contributed by atoms with E-state index < -0.39 is 0 Å². The molecule has 0 radical (unpaired) electrons. The fourth-order valence-corrected chi connectivity index (χ4v) is 2.35. The fraction of sp³-hybridized carbons (Fsp3) is 0.304. The number of carbonyl (C=O) groups is 1. The van der Waals surface area contributed by atoms with E-state index in [0.717, 1.165) is 12.1 Å². The summed E-state index contributed by atoms with van der Waals surface area (Å²) in [6, 6.07) is 17.6. The number of rotatable bonds is 4. The lowest BCUT2D eigenvalue weighted by atomic mass is 10.0. The molecule has 2 aromatic carbocycles. The lowest BCUT2D eigenvalue weighted by Crippen LogP contribution is -2.19. The quantitative estimate of drug-likeness (QED) is 0.493. The summed E-state index contributed by atoms with van der Waals surface area (Å²) in [6.45, 7) is 11.8. The molecule has 0 aliphatic carbocycles. The van der Waals surface area contributed by atoms with Crippen LogP contribution in [0.1, 0.15) is 54.4 Å². The smallest absolute Gasteiger partial charge is 0.324 e. The molecule has 0 aliphatic rings. The predicted molar refractivity (Wildman–Crippen MR) is 123 cm³/mol. The van der Waals surface area contributed by atoms with E-state index in [4.69, 9.17) is 4.52 Å². The van der Waals surface area contributed by atoms with E-state index in [1.54, 1.807) is 13.0 Å². The maximum atomic E-state index is 11.9. The van der Waals surface area contributed by atoms with Gasteiger partial charge in [0, 0.05) is 16.0 Å². The number of urea groups is 1. The number of nitrogens with zero attached hydrogens (tertiary/aromatic N) is 1. The Balaban J connectivity index is -0.00000106. The van der Waals surface area contributed by atoms with Gasteiger partial charge < -0.3 is 9.84 Å². The predicted octanol–water partition coefficient (Wildman–Crippen LogP) is 7.32. The molecule has 0 fully saturated rings. The highest BCUT2D eigenvalue weighted by molar-refractivity contribution is 5.99. The largest absolute Gasteiger partial charge is 0.360 e. The van der Waals surface area contributed by atoms with Crippen molar-refractivity contribution in [1.82, 2.24) is 5.16 Å². The monoisotopic (exact) mass is 387 g/mol. The Bertz CT molecular complexity index is 836. The highest BCUT2D eigenvalue weighted by Gasteiger charge is 2.06. The summed E-state index contributed by atoms with van der Waals surface area (Å²) in [6.07, 6.45) is 0.866. The Kier molecular flexibility index (Phi) is 10.1. The van der Waals surface area contributed by atoms with Gasteiger partial charge in [-0.25, -0.2) is 4.79 Å². The third-order valence-corrected chi connectivity index (χ3v) is 3.61. The van der Waals surface area contributed by atoms with E-state index in [1.165, 1.54) is 16.7 Å². The molecule has 3 rings (SSSR count). The molecule has 2 N–H and O–H groups in total. The number of hydrogen-bond donors (Lipinski definition) is 2. The molecule has 0 saturated heterocycles. The van der Waals surface area contributed by atoms with Crippen LogP contribution in [0.4, 0.5) is 16.3 Å². The van der Waals surface area contributed by atoms with Crippen molar-refractivity contribution in [2.75, 3.05) is 10.6 Å². The summed E-state index contributed by atoms with van der Waals surface area (Å²) >= 11 is 0. The van der Waals surface area contributed by atoms with Gasteiger partial charge in [-0.15, -0.1) is 0 Å². The maximum Gasteiger partial charge on any atom is 0.324 e. The second-order valence-corrected chi connectivity index (χ2v) is 5.76. The van der Waals surface area contributed by atoms with Gasteiger partial charge in [-0.3, -0.25) is 5.32 Å². The molecule has 0 spiro atoms. The molecule has 28 heavy (non-hydrogen) atoms. The molecule has 5 heteroatoms. The molecule has 0 atom stereocenters. The molecule has 1 heterocycles. The number of amides is 2. The first-order valence-corrected chi connectivity index (χ1v) is 9.74. The topological polar surface area (TPSA) is 67.2 Å². The normalized spacial score (nSPS) is 9.36. The van der Waals surface area contributed by atoms with Gasteiger partial charge in [-0.1, -0.05) is 74.8 Å². The summed E-state index contributed by atoms with van der Waals surface area (Å²) in [4.78, 5) is 11.9. The third-order valence-electron chi connectivity index (χ3n) is 3.61. The van der Waals surface area contributed by atoms with Crippen LogP contribution in [0.15, 0.2) is 59.1 Å². The highest BCUT2D eigenvalue weighted by atomic mass is 16.5. The van der Waals surface area contributed by atoms with Crippen molar-refractivity contribution in [2.45, 2.75) is 48.0 Å². The Labute approximate surface area is 172 Å². The molecule has 3 aromatic rings. The van der Waals surface area contributed by atoms with Crippen LogP contribution in [-0.2, 0) is 6.42 Å². The summed E-state index contributed by atoms with van der Waals surface area (Å²) in [5.41, 5.74) is 4.43. The number of benzene rings is 2. The minimum absolute atomic E-state index is 0. The lowest BCUT2D eigenvalue weighted by Gasteiger charge is -2.07. The number of nitrogens with one attached hydrogen (secondary N) is 2. The first-order valence-electron chi connectivity index (χ1n) is 9.74. The van der Waals surface area contributed by atoms with E-state index in [1.807, 2.05) is 52.0 Å². The maximum absolute atomic E-state index is 11.9. The number of aromatic nitrogens is 1. The molecule has 156 valence electrons. The van der Waals surface area contributed by atoms with Crippen LogP contribution < -0.4 is 10.6 Å². The van der Waals surface area contributed by atoms with Gasteiger partial charge >= 0.3 is 6.03 Å². The van der Waals surface area contributed by atoms with Crippen molar-refractivity contribution < 1.29 is 13.6 Å². The molecule has 5 nitrogen and oxygen atoms in total. The van der Waals surface area contributed by atoms with Gasteiger partial charge in [-0.05, 0) is 43.5 Å². The minimum Gasteiger partial charge on any atom is -0.360 e. The van der Waals surface area contributed by atoms with Gasteiger partial charge in [0.25, 0.3) is 0 Å². The van der Waals surface area contributed by atoms with E-state index in [0.29, 0.717) is 11.6 Å². The van der Waals surface area contributed by atoms with Gasteiger partial charge in [0.1, 0.15) is 5.76 Å². The van der Waals surface area contributed by atoms with Crippen LogP contribution in [0, 0.1) is 13.8 Å². The lowest BCUT2D eigenvalue weighted by molar-refractivity contribution is 0.262. The Hall–Kier alpha value is -3.08. The van der Waals surface area contributed by atoms with Crippen molar-refractivity contribution in [2.24, 2.45) is 0 Å². The summed E-state index contributed by atoms with van der Waals surface area (Å²) in [7, 11) is 0. The molecule has 1 aromatic heterocycles.